The number of para-hydroxylation sites is 3. The van der Waals surface area contributed by atoms with E-state index < -0.39 is 0 Å². The molecule has 14 rings (SSSR count). The molecule has 10 aromatic carbocycles. The summed E-state index contributed by atoms with van der Waals surface area (Å²) < 4.78 is 15.9. The van der Waals surface area contributed by atoms with Crippen LogP contribution in [0, 0.1) is 0 Å². The second-order valence-corrected chi connectivity index (χ2v) is 17.5. The summed E-state index contributed by atoms with van der Waals surface area (Å²) in [4.78, 5) is 15.3. The largest absolute Gasteiger partial charge is 0.456 e. The van der Waals surface area contributed by atoms with E-state index in [9.17, 15) is 0 Å². The Labute approximate surface area is 396 Å². The lowest BCUT2D eigenvalue weighted by atomic mass is 10.00. The van der Waals surface area contributed by atoms with E-state index in [4.69, 9.17) is 23.8 Å². The molecule has 0 spiro atoms. The third-order valence-corrected chi connectivity index (χ3v) is 13.5. The molecule has 14 aromatic rings. The lowest BCUT2D eigenvalue weighted by molar-refractivity contribution is 0.668. The van der Waals surface area contributed by atoms with Gasteiger partial charge >= 0.3 is 0 Å². The maximum Gasteiger partial charge on any atom is 0.167 e. The number of benzene rings is 10. The van der Waals surface area contributed by atoms with Crippen LogP contribution < -0.4 is 0 Å². The molecule has 0 N–H and O–H groups in total. The van der Waals surface area contributed by atoms with Gasteiger partial charge in [0, 0.05) is 54.7 Å². The van der Waals surface area contributed by atoms with Crippen molar-refractivity contribution >= 4 is 65.7 Å². The summed E-state index contributed by atoms with van der Waals surface area (Å²) in [5.74, 6) is 1.72. The van der Waals surface area contributed by atoms with Gasteiger partial charge in [0.15, 0.2) is 17.5 Å². The van der Waals surface area contributed by atoms with Crippen LogP contribution in [-0.4, -0.2) is 19.5 Å². The van der Waals surface area contributed by atoms with Crippen LogP contribution in [0.1, 0.15) is 0 Å². The first-order valence-corrected chi connectivity index (χ1v) is 23.2. The summed E-state index contributed by atoms with van der Waals surface area (Å²) >= 11 is 0. The van der Waals surface area contributed by atoms with Gasteiger partial charge in [0.1, 0.15) is 22.3 Å². The van der Waals surface area contributed by atoms with Crippen molar-refractivity contribution in [2.24, 2.45) is 0 Å². The van der Waals surface area contributed by atoms with Gasteiger partial charge in [-0.25, -0.2) is 15.0 Å². The highest BCUT2D eigenvalue weighted by molar-refractivity contribution is 6.15. The molecular weight excluding hydrogens is 845 g/mol. The van der Waals surface area contributed by atoms with Crippen molar-refractivity contribution in [1.82, 2.24) is 19.5 Å². The predicted octanol–water partition coefficient (Wildman–Crippen LogP) is 16.8. The minimum atomic E-state index is 0.541. The summed E-state index contributed by atoms with van der Waals surface area (Å²) in [7, 11) is 0. The number of nitrogens with zero attached hydrogens (tertiary/aromatic N) is 4. The van der Waals surface area contributed by atoms with E-state index >= 15 is 0 Å². The quantitative estimate of drug-likeness (QED) is 0.159. The Morgan fingerprint density at radius 2 is 0.754 bits per heavy atom. The monoisotopic (exact) mass is 882 g/mol. The highest BCUT2D eigenvalue weighted by Crippen LogP contribution is 2.42. The van der Waals surface area contributed by atoms with Gasteiger partial charge in [-0.15, -0.1) is 0 Å². The van der Waals surface area contributed by atoms with E-state index in [0.29, 0.717) is 17.5 Å². The van der Waals surface area contributed by atoms with Crippen LogP contribution >= 0.6 is 0 Å². The van der Waals surface area contributed by atoms with Gasteiger partial charge in [0.25, 0.3) is 0 Å². The Morgan fingerprint density at radius 1 is 0.275 bits per heavy atom. The molecule has 0 aliphatic carbocycles. The number of aromatic nitrogens is 4. The molecule has 4 heterocycles. The summed E-state index contributed by atoms with van der Waals surface area (Å²) in [5.41, 5.74) is 15.9. The lowest BCUT2D eigenvalue weighted by Gasteiger charge is -2.09. The molecule has 0 unspecified atom stereocenters. The van der Waals surface area contributed by atoms with E-state index in [-0.39, 0.29) is 0 Å². The van der Waals surface area contributed by atoms with Crippen LogP contribution in [0.15, 0.2) is 239 Å². The normalized spacial score (nSPS) is 11.8. The molecular formula is C63H38N4O2. The zero-order chi connectivity index (χ0) is 45.4. The topological polar surface area (TPSA) is 69.9 Å². The molecule has 0 saturated carbocycles. The average molecular weight is 883 g/mol. The van der Waals surface area contributed by atoms with Gasteiger partial charge in [-0.05, 0) is 82.4 Å². The first-order chi connectivity index (χ1) is 34.2. The summed E-state index contributed by atoms with van der Waals surface area (Å²) in [6.45, 7) is 0. The fourth-order valence-electron chi connectivity index (χ4n) is 10.1. The van der Waals surface area contributed by atoms with Crippen molar-refractivity contribution in [2.45, 2.75) is 0 Å². The van der Waals surface area contributed by atoms with E-state index in [0.717, 1.165) is 99.5 Å². The standard InChI is InChI=1S/C63H38N4O2/c1-4-14-39(15-5-1)41-26-28-43(29-27-41)62-64-61(42-18-8-3-9-19-42)65-63(66-62)51-24-13-23-50-49-22-12-21-47(59(49)69-60(50)51)45-31-34-57-53(37-45)54-38-46(32-35-58(54)68-57)67-55-25-11-10-20-48(55)52-36-44(30-33-56(52)67)40-16-6-2-7-17-40/h1-38H. The van der Waals surface area contributed by atoms with Gasteiger partial charge < -0.3 is 13.4 Å². The van der Waals surface area contributed by atoms with Crippen molar-refractivity contribution in [2.75, 3.05) is 0 Å². The number of hydrogen-bond acceptors (Lipinski definition) is 5. The SMILES string of the molecule is c1ccc(-c2ccc(-c3nc(-c4ccccc4)nc(-c4cccc5c4oc4c(-c6ccc7oc8ccc(-n9c%10ccccc%10c%10cc(-c%11ccccc%11)ccc%109)cc8c7c6)cccc45)n3)cc2)cc1. The summed E-state index contributed by atoms with van der Waals surface area (Å²) in [6, 6.07) is 80.4. The second kappa shape index (κ2) is 15.6. The second-order valence-electron chi connectivity index (χ2n) is 17.5. The summed E-state index contributed by atoms with van der Waals surface area (Å²) in [6.07, 6.45) is 0. The third-order valence-electron chi connectivity index (χ3n) is 13.5. The maximum atomic E-state index is 7.02. The van der Waals surface area contributed by atoms with Crippen molar-refractivity contribution < 1.29 is 8.83 Å². The zero-order valence-corrected chi connectivity index (χ0v) is 37.0. The van der Waals surface area contributed by atoms with Crippen LogP contribution in [-0.2, 0) is 0 Å². The molecule has 322 valence electrons. The van der Waals surface area contributed by atoms with Crippen LogP contribution in [0.3, 0.4) is 0 Å². The Hall–Kier alpha value is -9.39. The molecule has 69 heavy (non-hydrogen) atoms. The van der Waals surface area contributed by atoms with Crippen molar-refractivity contribution in [1.29, 1.82) is 0 Å². The molecule has 0 aliphatic heterocycles. The Bertz CT molecular complexity index is 4290. The molecule has 0 atom stereocenters. The molecule has 0 bridgehead atoms. The van der Waals surface area contributed by atoms with E-state index in [1.165, 1.54) is 21.9 Å². The molecule has 0 saturated heterocycles. The van der Waals surface area contributed by atoms with E-state index in [1.807, 2.05) is 42.5 Å². The molecule has 0 radical (unpaired) electrons. The predicted molar refractivity (Wildman–Crippen MR) is 281 cm³/mol. The fraction of sp³-hybridized carbons (Fsp3) is 0. The average Bonchev–Trinajstić information content (AvgIpc) is 4.10. The van der Waals surface area contributed by atoms with Crippen molar-refractivity contribution in [3.8, 4) is 73.2 Å². The van der Waals surface area contributed by atoms with Gasteiger partial charge in [-0.3, -0.25) is 0 Å². The Morgan fingerprint density at radius 3 is 1.48 bits per heavy atom. The number of hydrogen-bond donors (Lipinski definition) is 0. The maximum absolute atomic E-state index is 7.02. The minimum absolute atomic E-state index is 0.541. The van der Waals surface area contributed by atoms with Crippen LogP contribution in [0.5, 0.6) is 0 Å². The van der Waals surface area contributed by atoms with Crippen LogP contribution in [0.2, 0.25) is 0 Å². The highest BCUT2D eigenvalue weighted by Gasteiger charge is 2.21. The minimum Gasteiger partial charge on any atom is -0.456 e. The molecule has 0 aliphatic rings. The number of furan rings is 2. The molecule has 0 fully saturated rings. The van der Waals surface area contributed by atoms with Gasteiger partial charge in [-0.2, -0.15) is 0 Å². The Balaban J connectivity index is 0.887. The number of rotatable bonds is 7. The summed E-state index contributed by atoms with van der Waals surface area (Å²) in [5, 5.41) is 6.52. The van der Waals surface area contributed by atoms with E-state index in [2.05, 4.69) is 193 Å². The number of fused-ring (bicyclic) bond motifs is 9. The van der Waals surface area contributed by atoms with Gasteiger partial charge in [-0.1, -0.05) is 176 Å². The third kappa shape index (κ3) is 6.45. The Kier molecular flexibility index (Phi) is 8.79. The molecule has 6 nitrogen and oxygen atoms in total. The van der Waals surface area contributed by atoms with E-state index in [1.54, 1.807) is 0 Å². The van der Waals surface area contributed by atoms with Crippen LogP contribution in [0.25, 0.3) is 139 Å². The molecule has 6 heteroatoms. The first kappa shape index (κ1) is 38.8. The van der Waals surface area contributed by atoms with Crippen molar-refractivity contribution in [3.05, 3.63) is 231 Å². The first-order valence-electron chi connectivity index (χ1n) is 23.2. The lowest BCUT2D eigenvalue weighted by Crippen LogP contribution is -2.00. The van der Waals surface area contributed by atoms with Gasteiger partial charge in [0.05, 0.1) is 16.6 Å². The molecule has 4 aromatic heterocycles. The smallest absolute Gasteiger partial charge is 0.167 e. The molecule has 0 amide bonds. The van der Waals surface area contributed by atoms with Crippen molar-refractivity contribution in [3.63, 3.8) is 0 Å². The fourth-order valence-corrected chi connectivity index (χ4v) is 10.1. The zero-order valence-electron chi connectivity index (χ0n) is 37.0. The van der Waals surface area contributed by atoms with Crippen LogP contribution in [0.4, 0.5) is 0 Å². The van der Waals surface area contributed by atoms with Gasteiger partial charge in [0.2, 0.25) is 0 Å². The highest BCUT2D eigenvalue weighted by atomic mass is 16.3.